The van der Waals surface area contributed by atoms with Crippen molar-refractivity contribution in [3.8, 4) is 22.0 Å². The van der Waals surface area contributed by atoms with Gasteiger partial charge in [0.15, 0.2) is 5.01 Å². The lowest BCUT2D eigenvalue weighted by atomic mass is 10.0. The summed E-state index contributed by atoms with van der Waals surface area (Å²) >= 11 is 0.417. The van der Waals surface area contributed by atoms with Gasteiger partial charge in [-0.15, -0.1) is 16.4 Å². The van der Waals surface area contributed by atoms with Gasteiger partial charge in [0, 0.05) is 35.5 Å². The summed E-state index contributed by atoms with van der Waals surface area (Å²) in [4.78, 5) is 30.0. The summed E-state index contributed by atoms with van der Waals surface area (Å²) in [5.74, 6) is -0.234. The molecule has 4 heterocycles. The molecule has 0 saturated heterocycles. The van der Waals surface area contributed by atoms with Crippen LogP contribution in [0, 0.1) is 0 Å². The number of benzene rings is 2. The molecule has 0 bridgehead atoms. The highest BCUT2D eigenvalue weighted by atomic mass is 32.1. The molecule has 0 aliphatic carbocycles. The SMILES string of the molecule is CCc1ncc(-c2sc(C(F)(F)F)nc2-c2nnc(NC3N=C(c4ccccc4)c4ccccc4NC3=O)o2)cn1. The van der Waals surface area contributed by atoms with Gasteiger partial charge in [-0.3, -0.25) is 4.79 Å². The van der Waals surface area contributed by atoms with E-state index in [0.717, 1.165) is 5.56 Å². The molecular formula is C27H19F3N8O2S. The summed E-state index contributed by atoms with van der Waals surface area (Å²) in [5, 5.41) is 12.4. The normalized spacial score (nSPS) is 15.1. The van der Waals surface area contributed by atoms with Crippen molar-refractivity contribution in [2.24, 2.45) is 4.99 Å². The number of carbonyl (C=O) groups is 1. The standard InChI is InChI=1S/C27H19F3N8O2S/c1-2-18-31-12-15(13-32-18)21-20(35-25(41-21)27(28,29)30)24-37-38-26(40-24)36-22-23(39)33-17-11-7-6-10-16(17)19(34-22)14-8-4-3-5-9-14/h3-13,22H,2H2,1H3,(H,33,39)(H,36,38). The van der Waals surface area contributed by atoms with Crippen molar-refractivity contribution in [2.75, 3.05) is 10.6 Å². The fourth-order valence-corrected chi connectivity index (χ4v) is 5.01. The molecule has 14 heteroatoms. The van der Waals surface area contributed by atoms with Gasteiger partial charge in [0.1, 0.15) is 11.5 Å². The number of hydrogen-bond acceptors (Lipinski definition) is 10. The van der Waals surface area contributed by atoms with Gasteiger partial charge in [0.05, 0.1) is 16.3 Å². The number of amides is 1. The fraction of sp³-hybridized carbons (Fsp3) is 0.148. The van der Waals surface area contributed by atoms with E-state index >= 15 is 0 Å². The predicted molar refractivity (Wildman–Crippen MR) is 145 cm³/mol. The van der Waals surface area contributed by atoms with E-state index in [1.54, 1.807) is 12.1 Å². The van der Waals surface area contributed by atoms with Gasteiger partial charge in [-0.05, 0) is 6.07 Å². The molecule has 1 amide bonds. The van der Waals surface area contributed by atoms with Crippen LogP contribution in [0.3, 0.4) is 0 Å². The van der Waals surface area contributed by atoms with Crippen LogP contribution in [0.5, 0.6) is 0 Å². The molecule has 0 saturated carbocycles. The van der Waals surface area contributed by atoms with E-state index in [2.05, 4.69) is 40.8 Å². The van der Waals surface area contributed by atoms with E-state index < -0.39 is 23.3 Å². The Bertz CT molecular complexity index is 1750. The van der Waals surface area contributed by atoms with Crippen LogP contribution in [0.2, 0.25) is 0 Å². The van der Waals surface area contributed by atoms with E-state index in [-0.39, 0.29) is 22.5 Å². The van der Waals surface area contributed by atoms with Gasteiger partial charge >= 0.3 is 12.2 Å². The molecule has 3 aromatic heterocycles. The molecule has 0 radical (unpaired) electrons. The van der Waals surface area contributed by atoms with Crippen LogP contribution in [-0.4, -0.2) is 42.9 Å². The van der Waals surface area contributed by atoms with E-state index in [1.165, 1.54) is 12.4 Å². The summed E-state index contributed by atoms with van der Waals surface area (Å²) in [7, 11) is 0. The molecule has 6 rings (SSSR count). The van der Waals surface area contributed by atoms with Crippen LogP contribution in [-0.2, 0) is 17.4 Å². The smallest absolute Gasteiger partial charge is 0.402 e. The highest BCUT2D eigenvalue weighted by Gasteiger charge is 2.37. The summed E-state index contributed by atoms with van der Waals surface area (Å²) in [6, 6.07) is 16.3. The molecule has 1 unspecified atom stereocenters. The largest absolute Gasteiger partial charge is 0.443 e. The molecule has 10 nitrogen and oxygen atoms in total. The highest BCUT2D eigenvalue weighted by Crippen LogP contribution is 2.42. The molecular weight excluding hydrogens is 557 g/mol. The van der Waals surface area contributed by atoms with E-state index in [1.807, 2.05) is 49.4 Å². The number of para-hydroxylation sites is 1. The van der Waals surface area contributed by atoms with Crippen molar-refractivity contribution in [3.63, 3.8) is 0 Å². The molecule has 1 aliphatic rings. The fourth-order valence-electron chi connectivity index (χ4n) is 4.11. The Morgan fingerprint density at radius 1 is 1.00 bits per heavy atom. The number of nitrogens with one attached hydrogen (secondary N) is 2. The first-order chi connectivity index (χ1) is 19.8. The van der Waals surface area contributed by atoms with Crippen LogP contribution in [0.15, 0.2) is 76.4 Å². The minimum atomic E-state index is -4.70. The average molecular weight is 577 g/mol. The van der Waals surface area contributed by atoms with Gasteiger partial charge in [-0.25, -0.2) is 19.9 Å². The number of nitrogens with zero attached hydrogens (tertiary/aromatic N) is 6. The van der Waals surface area contributed by atoms with Gasteiger partial charge in [-0.1, -0.05) is 60.6 Å². The van der Waals surface area contributed by atoms with Crippen molar-refractivity contribution in [1.82, 2.24) is 25.1 Å². The minimum absolute atomic E-state index is 0.113. The lowest BCUT2D eigenvalue weighted by molar-refractivity contribution is -0.137. The molecule has 41 heavy (non-hydrogen) atoms. The lowest BCUT2D eigenvalue weighted by Gasteiger charge is -2.11. The Morgan fingerprint density at radius 3 is 2.46 bits per heavy atom. The Morgan fingerprint density at radius 2 is 1.73 bits per heavy atom. The van der Waals surface area contributed by atoms with E-state index in [0.29, 0.717) is 46.1 Å². The summed E-state index contributed by atoms with van der Waals surface area (Å²) < 4.78 is 46.5. The third-order valence-corrected chi connectivity index (χ3v) is 7.18. The molecule has 0 spiro atoms. The summed E-state index contributed by atoms with van der Waals surface area (Å²) in [6.45, 7) is 1.86. The van der Waals surface area contributed by atoms with Gasteiger partial charge < -0.3 is 15.1 Å². The molecule has 1 aliphatic heterocycles. The number of thiazole rings is 1. The number of aromatic nitrogens is 5. The number of fused-ring (bicyclic) bond motifs is 1. The maximum absolute atomic E-state index is 13.6. The van der Waals surface area contributed by atoms with Crippen LogP contribution >= 0.6 is 11.3 Å². The summed E-state index contributed by atoms with van der Waals surface area (Å²) in [6.07, 6.45) is -2.48. The molecule has 2 N–H and O–H groups in total. The quantitative estimate of drug-likeness (QED) is 0.273. The van der Waals surface area contributed by atoms with Gasteiger partial charge in [-0.2, -0.15) is 13.2 Å². The van der Waals surface area contributed by atoms with Crippen LogP contribution < -0.4 is 10.6 Å². The van der Waals surface area contributed by atoms with Crippen LogP contribution in [0.25, 0.3) is 22.0 Å². The van der Waals surface area contributed by atoms with Crippen LogP contribution in [0.1, 0.15) is 28.9 Å². The van der Waals surface area contributed by atoms with Gasteiger partial charge in [0.2, 0.25) is 6.17 Å². The molecule has 206 valence electrons. The monoisotopic (exact) mass is 576 g/mol. The number of anilines is 2. The van der Waals surface area contributed by atoms with Crippen molar-refractivity contribution >= 4 is 34.7 Å². The first kappa shape index (κ1) is 26.3. The molecule has 1 atom stereocenters. The van der Waals surface area contributed by atoms with E-state index in [4.69, 9.17) is 4.42 Å². The Labute approximate surface area is 234 Å². The van der Waals surface area contributed by atoms with Crippen molar-refractivity contribution in [1.29, 1.82) is 0 Å². The third kappa shape index (κ3) is 5.28. The van der Waals surface area contributed by atoms with Crippen LogP contribution in [0.4, 0.5) is 24.9 Å². The minimum Gasteiger partial charge on any atom is -0.402 e. The second-order valence-corrected chi connectivity index (χ2v) is 9.77. The number of alkyl halides is 3. The van der Waals surface area contributed by atoms with Crippen molar-refractivity contribution in [3.05, 3.63) is 88.9 Å². The zero-order valence-electron chi connectivity index (χ0n) is 21.2. The first-order valence-electron chi connectivity index (χ1n) is 12.3. The number of aryl methyl sites for hydroxylation is 1. The Balaban J connectivity index is 1.36. The number of rotatable bonds is 6. The number of aliphatic imine (C=N–C) groups is 1. The number of carbonyl (C=O) groups excluding carboxylic acids is 1. The number of halogens is 3. The topological polar surface area (TPSA) is 131 Å². The Kier molecular flexibility index (Phi) is 6.75. The van der Waals surface area contributed by atoms with Gasteiger partial charge in [0.25, 0.3) is 11.8 Å². The second kappa shape index (κ2) is 10.5. The Hall–Kier alpha value is -4.98. The molecule has 0 fully saturated rings. The lowest BCUT2D eigenvalue weighted by Crippen LogP contribution is -2.32. The number of benzodiazepines with no additional fused rings is 1. The maximum atomic E-state index is 13.6. The average Bonchev–Trinajstić information content (AvgIpc) is 3.61. The number of hydrogen-bond donors (Lipinski definition) is 2. The van der Waals surface area contributed by atoms with Crippen molar-refractivity contribution in [2.45, 2.75) is 25.7 Å². The second-order valence-electron chi connectivity index (χ2n) is 8.77. The summed E-state index contributed by atoms with van der Waals surface area (Å²) in [5.41, 5.74) is 2.74. The third-order valence-electron chi connectivity index (χ3n) is 6.03. The molecule has 5 aromatic rings. The van der Waals surface area contributed by atoms with E-state index in [9.17, 15) is 18.0 Å². The highest BCUT2D eigenvalue weighted by molar-refractivity contribution is 7.15. The molecule has 2 aromatic carbocycles. The van der Waals surface area contributed by atoms with Crippen molar-refractivity contribution < 1.29 is 22.4 Å². The predicted octanol–water partition coefficient (Wildman–Crippen LogP) is 5.46. The zero-order valence-corrected chi connectivity index (χ0v) is 22.0. The first-order valence-corrected chi connectivity index (χ1v) is 13.1. The zero-order chi connectivity index (χ0) is 28.6. The maximum Gasteiger partial charge on any atom is 0.443 e.